The Morgan fingerprint density at radius 1 is 1.05 bits per heavy atom. The number of aryl methyl sites for hydroxylation is 1. The molecule has 0 spiro atoms. The molecule has 0 saturated carbocycles. The fourth-order valence-electron chi connectivity index (χ4n) is 1.70. The molecule has 0 atom stereocenters. The van der Waals surface area contributed by atoms with Crippen LogP contribution in [0.2, 0.25) is 0 Å². The fourth-order valence-corrected chi connectivity index (χ4v) is 2.42. The number of sulfonamides is 1. The third-order valence-corrected chi connectivity index (χ3v) is 4.84. The molecule has 0 aliphatic rings. The number of aromatic nitrogens is 2. The van der Waals surface area contributed by atoms with Gasteiger partial charge in [-0.2, -0.15) is 0 Å². The van der Waals surface area contributed by atoms with E-state index in [9.17, 15) is 8.42 Å². The summed E-state index contributed by atoms with van der Waals surface area (Å²) in [4.78, 5) is 8.70. The van der Waals surface area contributed by atoms with Crippen LogP contribution in [-0.4, -0.2) is 55.6 Å². The molecule has 0 fully saturated rings. The van der Waals surface area contributed by atoms with Gasteiger partial charge in [-0.25, -0.2) is 22.7 Å². The molecule has 0 radical (unpaired) electrons. The summed E-state index contributed by atoms with van der Waals surface area (Å²) in [5.41, 5.74) is 0.899. The normalized spacial score (nSPS) is 11.7. The Morgan fingerprint density at radius 3 is 2.05 bits per heavy atom. The molecule has 120 valence electrons. The van der Waals surface area contributed by atoms with Gasteiger partial charge < -0.3 is 10.6 Å². The van der Waals surface area contributed by atoms with E-state index in [0.717, 1.165) is 24.3 Å². The third-order valence-electron chi connectivity index (χ3n) is 3.01. The molecule has 21 heavy (non-hydrogen) atoms. The maximum Gasteiger partial charge on any atom is 0.215 e. The van der Waals surface area contributed by atoms with Crippen molar-refractivity contribution in [2.24, 2.45) is 0 Å². The Hall–Kier alpha value is -1.41. The van der Waals surface area contributed by atoms with Crippen LogP contribution in [0.15, 0.2) is 0 Å². The van der Waals surface area contributed by atoms with Crippen LogP contribution in [0.1, 0.15) is 24.7 Å². The number of anilines is 2. The summed E-state index contributed by atoms with van der Waals surface area (Å²) in [7, 11) is -0.144. The van der Waals surface area contributed by atoms with E-state index in [4.69, 9.17) is 0 Å². The highest BCUT2D eigenvalue weighted by molar-refractivity contribution is 7.89. The van der Waals surface area contributed by atoms with Crippen LogP contribution in [0.5, 0.6) is 0 Å². The topological polar surface area (TPSA) is 87.2 Å². The van der Waals surface area contributed by atoms with Crippen molar-refractivity contribution in [1.82, 2.24) is 14.3 Å². The molecule has 1 aromatic rings. The third kappa shape index (κ3) is 5.13. The highest BCUT2D eigenvalue weighted by Crippen LogP contribution is 2.19. The summed E-state index contributed by atoms with van der Waals surface area (Å²) in [5.74, 6) is 2.15. The van der Waals surface area contributed by atoms with Crippen LogP contribution in [0.4, 0.5) is 11.6 Å². The zero-order valence-corrected chi connectivity index (χ0v) is 14.2. The molecule has 0 aliphatic heterocycles. The molecule has 0 saturated heterocycles. The minimum absolute atomic E-state index is 0.0280. The van der Waals surface area contributed by atoms with E-state index in [1.807, 2.05) is 13.8 Å². The molecular weight excluding hydrogens is 290 g/mol. The lowest BCUT2D eigenvalue weighted by Gasteiger charge is -2.15. The molecule has 2 N–H and O–H groups in total. The van der Waals surface area contributed by atoms with Gasteiger partial charge in [-0.3, -0.25) is 0 Å². The summed E-state index contributed by atoms with van der Waals surface area (Å²) >= 11 is 0. The first-order valence-electron chi connectivity index (χ1n) is 7.01. The zero-order valence-electron chi connectivity index (χ0n) is 13.4. The molecule has 0 aromatic carbocycles. The lowest BCUT2D eigenvalue weighted by atomic mass is 10.3. The Balaban J connectivity index is 2.77. The first-order chi connectivity index (χ1) is 9.77. The van der Waals surface area contributed by atoms with E-state index < -0.39 is 10.0 Å². The Bertz CT molecular complexity index is 572. The molecular formula is C13H25N5O2S. The van der Waals surface area contributed by atoms with E-state index in [1.54, 1.807) is 0 Å². The van der Waals surface area contributed by atoms with Crippen molar-refractivity contribution in [3.63, 3.8) is 0 Å². The average Bonchev–Trinajstić information content (AvgIpc) is 2.40. The summed E-state index contributed by atoms with van der Waals surface area (Å²) < 4.78 is 24.7. The van der Waals surface area contributed by atoms with Gasteiger partial charge in [0.05, 0.1) is 5.75 Å². The van der Waals surface area contributed by atoms with Crippen molar-refractivity contribution < 1.29 is 8.42 Å². The smallest absolute Gasteiger partial charge is 0.215 e. The second-order valence-electron chi connectivity index (χ2n) is 5.04. The average molecular weight is 315 g/mol. The molecule has 0 amide bonds. The Morgan fingerprint density at radius 2 is 1.57 bits per heavy atom. The predicted molar refractivity (Wildman–Crippen MR) is 86.3 cm³/mol. The largest absolute Gasteiger partial charge is 0.370 e. The van der Waals surface area contributed by atoms with Gasteiger partial charge in [0.1, 0.15) is 17.5 Å². The maximum atomic E-state index is 11.7. The summed E-state index contributed by atoms with van der Waals surface area (Å²) in [6.45, 7) is 6.97. The molecule has 0 unspecified atom stereocenters. The van der Waals surface area contributed by atoms with Gasteiger partial charge in [-0.05, 0) is 20.3 Å². The first kappa shape index (κ1) is 17.6. The monoisotopic (exact) mass is 315 g/mol. The van der Waals surface area contributed by atoms with Crippen molar-refractivity contribution in [3.8, 4) is 0 Å². The maximum absolute atomic E-state index is 11.7. The number of nitrogens with one attached hydrogen (secondary N) is 2. The lowest BCUT2D eigenvalue weighted by molar-refractivity contribution is 0.521. The van der Waals surface area contributed by atoms with Gasteiger partial charge in [-0.1, -0.05) is 6.92 Å². The summed E-state index contributed by atoms with van der Waals surface area (Å²) in [6, 6.07) is 0. The highest BCUT2D eigenvalue weighted by atomic mass is 32.2. The number of rotatable bonds is 8. The van der Waals surface area contributed by atoms with Crippen LogP contribution in [0.25, 0.3) is 0 Å². The summed E-state index contributed by atoms with van der Waals surface area (Å²) in [6.07, 6.45) is 1.01. The quantitative estimate of drug-likeness (QED) is 0.750. The molecule has 8 heteroatoms. The molecule has 1 rings (SSSR count). The van der Waals surface area contributed by atoms with Gasteiger partial charge in [0.15, 0.2) is 0 Å². The van der Waals surface area contributed by atoms with Crippen molar-refractivity contribution in [1.29, 1.82) is 0 Å². The number of hydrogen-bond donors (Lipinski definition) is 2. The van der Waals surface area contributed by atoms with Gasteiger partial charge in [-0.15, -0.1) is 0 Å². The van der Waals surface area contributed by atoms with Crippen LogP contribution in [-0.2, 0) is 10.0 Å². The van der Waals surface area contributed by atoms with Crippen LogP contribution in [0, 0.1) is 13.8 Å². The van der Waals surface area contributed by atoms with E-state index in [0.29, 0.717) is 18.2 Å². The standard InChI is InChI=1S/C13H25N5O2S/c1-6-7-14-12-10(2)13(17-11(3)16-12)15-8-9-21(19,20)18(4)5/h6-9H2,1-5H3,(H2,14,15,16,17). The van der Waals surface area contributed by atoms with Gasteiger partial charge in [0, 0.05) is 32.7 Å². The first-order valence-corrected chi connectivity index (χ1v) is 8.62. The summed E-state index contributed by atoms with van der Waals surface area (Å²) in [5, 5.41) is 6.34. The molecule has 1 aromatic heterocycles. The highest BCUT2D eigenvalue weighted by Gasteiger charge is 2.14. The van der Waals surface area contributed by atoms with Crippen LogP contribution < -0.4 is 10.6 Å². The molecule has 7 nitrogen and oxygen atoms in total. The van der Waals surface area contributed by atoms with Crippen LogP contribution in [0.3, 0.4) is 0 Å². The second kappa shape index (κ2) is 7.56. The van der Waals surface area contributed by atoms with Crippen LogP contribution >= 0.6 is 0 Å². The van der Waals surface area contributed by atoms with Crippen molar-refractivity contribution in [2.45, 2.75) is 27.2 Å². The fraction of sp³-hybridized carbons (Fsp3) is 0.692. The molecule has 1 heterocycles. The van der Waals surface area contributed by atoms with Gasteiger partial charge >= 0.3 is 0 Å². The van der Waals surface area contributed by atoms with Crippen molar-refractivity contribution >= 4 is 21.7 Å². The van der Waals surface area contributed by atoms with Gasteiger partial charge in [0.25, 0.3) is 0 Å². The molecule has 0 bridgehead atoms. The molecule has 0 aliphatic carbocycles. The van der Waals surface area contributed by atoms with E-state index >= 15 is 0 Å². The predicted octanol–water partition coefficient (Wildman–Crippen LogP) is 1.22. The van der Waals surface area contributed by atoms with E-state index in [-0.39, 0.29) is 5.75 Å². The minimum atomic E-state index is -3.20. The Kier molecular flexibility index (Phi) is 6.35. The zero-order chi connectivity index (χ0) is 16.0. The Labute approximate surface area is 127 Å². The lowest BCUT2D eigenvalue weighted by Crippen LogP contribution is -2.28. The van der Waals surface area contributed by atoms with E-state index in [2.05, 4.69) is 27.5 Å². The SMILES string of the molecule is CCCNc1nc(C)nc(NCCS(=O)(=O)N(C)C)c1C. The van der Waals surface area contributed by atoms with Crippen molar-refractivity contribution in [3.05, 3.63) is 11.4 Å². The minimum Gasteiger partial charge on any atom is -0.370 e. The number of nitrogens with zero attached hydrogens (tertiary/aromatic N) is 3. The second-order valence-corrected chi connectivity index (χ2v) is 7.35. The van der Waals surface area contributed by atoms with E-state index in [1.165, 1.54) is 18.4 Å². The van der Waals surface area contributed by atoms with Crippen molar-refractivity contribution in [2.75, 3.05) is 43.6 Å². The van der Waals surface area contributed by atoms with Gasteiger partial charge in [0.2, 0.25) is 10.0 Å². The number of hydrogen-bond acceptors (Lipinski definition) is 6.